The fourth-order valence-electron chi connectivity index (χ4n) is 3.14. The van der Waals surface area contributed by atoms with E-state index in [1.807, 2.05) is 12.3 Å². The molecule has 0 bridgehead atoms. The SMILES string of the molecule is c1cnc2c(c1)CCCCc1c-2[nH]c2ccccc12. The summed E-state index contributed by atoms with van der Waals surface area (Å²) in [6, 6.07) is 12.8. The number of para-hydroxylation sites is 1. The van der Waals surface area contributed by atoms with Crippen LogP contribution in [-0.4, -0.2) is 9.97 Å². The molecule has 19 heavy (non-hydrogen) atoms. The standard InChI is InChI=1S/C17H16N2/c1-2-9-14-13-8-3-4-10-15(13)19-17(14)16-12(6-1)7-5-11-18-16/h3-5,7-8,10-11,19H,1-2,6,9H2. The molecule has 94 valence electrons. The number of fused-ring (bicyclic) bond motifs is 5. The fraction of sp³-hybridized carbons (Fsp3) is 0.235. The molecule has 1 aromatic carbocycles. The maximum atomic E-state index is 4.63. The van der Waals surface area contributed by atoms with Gasteiger partial charge >= 0.3 is 0 Å². The van der Waals surface area contributed by atoms with Crippen molar-refractivity contribution in [3.8, 4) is 11.4 Å². The van der Waals surface area contributed by atoms with Crippen molar-refractivity contribution in [2.24, 2.45) is 0 Å². The van der Waals surface area contributed by atoms with Gasteiger partial charge in [-0.2, -0.15) is 0 Å². The van der Waals surface area contributed by atoms with Gasteiger partial charge < -0.3 is 4.98 Å². The molecule has 0 saturated carbocycles. The number of aromatic nitrogens is 2. The van der Waals surface area contributed by atoms with Crippen LogP contribution in [0.4, 0.5) is 0 Å². The van der Waals surface area contributed by atoms with Crippen LogP contribution in [0.15, 0.2) is 42.6 Å². The zero-order valence-corrected chi connectivity index (χ0v) is 10.8. The molecular formula is C17H16N2. The van der Waals surface area contributed by atoms with E-state index in [1.54, 1.807) is 0 Å². The van der Waals surface area contributed by atoms with Gasteiger partial charge in [-0.15, -0.1) is 0 Å². The third kappa shape index (κ3) is 1.67. The highest BCUT2D eigenvalue weighted by Crippen LogP contribution is 2.34. The van der Waals surface area contributed by atoms with E-state index in [0.29, 0.717) is 0 Å². The molecule has 0 atom stereocenters. The maximum Gasteiger partial charge on any atom is 0.0899 e. The molecule has 0 fully saturated rings. The van der Waals surface area contributed by atoms with Crippen LogP contribution in [0.25, 0.3) is 22.3 Å². The molecule has 2 aromatic heterocycles. The number of nitrogens with one attached hydrogen (secondary N) is 1. The number of H-pyrrole nitrogens is 1. The first-order valence-corrected chi connectivity index (χ1v) is 6.97. The molecule has 2 heterocycles. The summed E-state index contributed by atoms with van der Waals surface area (Å²) in [7, 11) is 0. The first-order valence-electron chi connectivity index (χ1n) is 6.97. The molecule has 1 aliphatic rings. The zero-order chi connectivity index (χ0) is 12.7. The fourth-order valence-corrected chi connectivity index (χ4v) is 3.14. The Balaban J connectivity index is 2.06. The molecule has 1 N–H and O–H groups in total. The lowest BCUT2D eigenvalue weighted by Gasteiger charge is -2.13. The van der Waals surface area contributed by atoms with E-state index in [2.05, 4.69) is 40.3 Å². The third-order valence-corrected chi connectivity index (χ3v) is 4.06. The number of rotatable bonds is 0. The Hall–Kier alpha value is -2.09. The summed E-state index contributed by atoms with van der Waals surface area (Å²) >= 11 is 0. The highest BCUT2D eigenvalue weighted by atomic mass is 14.8. The van der Waals surface area contributed by atoms with Crippen molar-refractivity contribution in [3.05, 3.63) is 53.7 Å². The Labute approximate surface area is 112 Å². The average Bonchev–Trinajstić information content (AvgIpc) is 2.79. The summed E-state index contributed by atoms with van der Waals surface area (Å²) in [5.41, 5.74) is 6.42. The maximum absolute atomic E-state index is 4.63. The van der Waals surface area contributed by atoms with E-state index in [4.69, 9.17) is 0 Å². The molecule has 1 aliphatic carbocycles. The molecule has 0 amide bonds. The van der Waals surface area contributed by atoms with Gasteiger partial charge in [0, 0.05) is 17.1 Å². The van der Waals surface area contributed by atoms with Gasteiger partial charge in [-0.05, 0) is 48.9 Å². The van der Waals surface area contributed by atoms with Crippen LogP contribution in [0.1, 0.15) is 24.0 Å². The zero-order valence-electron chi connectivity index (χ0n) is 10.8. The van der Waals surface area contributed by atoms with Gasteiger partial charge in [-0.1, -0.05) is 24.3 Å². The monoisotopic (exact) mass is 248 g/mol. The van der Waals surface area contributed by atoms with Gasteiger partial charge in [0.1, 0.15) is 0 Å². The topological polar surface area (TPSA) is 28.7 Å². The van der Waals surface area contributed by atoms with E-state index in [-0.39, 0.29) is 0 Å². The summed E-state index contributed by atoms with van der Waals surface area (Å²) < 4.78 is 0. The predicted molar refractivity (Wildman–Crippen MR) is 78.2 cm³/mol. The largest absolute Gasteiger partial charge is 0.353 e. The Morgan fingerprint density at radius 1 is 0.947 bits per heavy atom. The van der Waals surface area contributed by atoms with Gasteiger partial charge in [0.05, 0.1) is 11.4 Å². The lowest BCUT2D eigenvalue weighted by atomic mass is 9.94. The lowest BCUT2D eigenvalue weighted by molar-refractivity contribution is 0.729. The first kappa shape index (κ1) is 10.8. The molecule has 0 unspecified atom stereocenters. The molecule has 4 rings (SSSR count). The number of benzene rings is 1. The molecule has 0 saturated heterocycles. The number of aryl methyl sites for hydroxylation is 2. The second kappa shape index (κ2) is 4.23. The molecule has 2 nitrogen and oxygen atoms in total. The van der Waals surface area contributed by atoms with E-state index in [1.165, 1.54) is 40.6 Å². The van der Waals surface area contributed by atoms with Crippen molar-refractivity contribution >= 4 is 10.9 Å². The van der Waals surface area contributed by atoms with Crippen molar-refractivity contribution in [2.75, 3.05) is 0 Å². The summed E-state index contributed by atoms with van der Waals surface area (Å²) in [6.45, 7) is 0. The quantitative estimate of drug-likeness (QED) is 0.637. The molecule has 2 heteroatoms. The summed E-state index contributed by atoms with van der Waals surface area (Å²) in [6.07, 6.45) is 6.68. The van der Waals surface area contributed by atoms with Crippen molar-refractivity contribution in [2.45, 2.75) is 25.7 Å². The molecule has 0 aliphatic heterocycles. The van der Waals surface area contributed by atoms with Gasteiger partial charge in [-0.25, -0.2) is 0 Å². The third-order valence-electron chi connectivity index (χ3n) is 4.06. The highest BCUT2D eigenvalue weighted by molar-refractivity contribution is 5.90. The second-order valence-electron chi connectivity index (χ2n) is 5.24. The van der Waals surface area contributed by atoms with Gasteiger partial charge in [0.15, 0.2) is 0 Å². The van der Waals surface area contributed by atoms with E-state index >= 15 is 0 Å². The van der Waals surface area contributed by atoms with Crippen LogP contribution in [-0.2, 0) is 12.8 Å². The van der Waals surface area contributed by atoms with Crippen molar-refractivity contribution in [1.82, 2.24) is 9.97 Å². The highest BCUT2D eigenvalue weighted by Gasteiger charge is 2.18. The minimum atomic E-state index is 1.14. The first-order chi connectivity index (χ1) is 9.43. The van der Waals surface area contributed by atoms with Crippen LogP contribution in [0.5, 0.6) is 0 Å². The summed E-state index contributed by atoms with van der Waals surface area (Å²) in [5.74, 6) is 0. The van der Waals surface area contributed by atoms with Gasteiger partial charge in [-0.3, -0.25) is 4.98 Å². The van der Waals surface area contributed by atoms with Crippen LogP contribution in [0, 0.1) is 0 Å². The van der Waals surface area contributed by atoms with Gasteiger partial charge in [0.2, 0.25) is 0 Å². The Morgan fingerprint density at radius 2 is 1.84 bits per heavy atom. The van der Waals surface area contributed by atoms with Crippen molar-refractivity contribution in [1.29, 1.82) is 0 Å². The second-order valence-corrected chi connectivity index (χ2v) is 5.24. The normalized spacial score (nSPS) is 14.5. The molecule has 0 spiro atoms. The Kier molecular flexibility index (Phi) is 2.41. The average molecular weight is 248 g/mol. The predicted octanol–water partition coefficient (Wildman–Crippen LogP) is 4.11. The number of hydrogen-bond donors (Lipinski definition) is 1. The summed E-state index contributed by atoms with van der Waals surface area (Å²) in [4.78, 5) is 8.20. The summed E-state index contributed by atoms with van der Waals surface area (Å²) in [5, 5.41) is 1.36. The van der Waals surface area contributed by atoms with Crippen LogP contribution < -0.4 is 0 Å². The van der Waals surface area contributed by atoms with E-state index in [9.17, 15) is 0 Å². The number of pyridine rings is 1. The number of aromatic amines is 1. The molecule has 3 aromatic rings. The van der Waals surface area contributed by atoms with Gasteiger partial charge in [0.25, 0.3) is 0 Å². The Morgan fingerprint density at radius 3 is 2.84 bits per heavy atom. The lowest BCUT2D eigenvalue weighted by Crippen LogP contribution is -2.00. The molecular weight excluding hydrogens is 232 g/mol. The van der Waals surface area contributed by atoms with Crippen molar-refractivity contribution in [3.63, 3.8) is 0 Å². The van der Waals surface area contributed by atoms with Crippen molar-refractivity contribution < 1.29 is 0 Å². The number of hydrogen-bond acceptors (Lipinski definition) is 1. The minimum absolute atomic E-state index is 1.14. The van der Waals surface area contributed by atoms with E-state index < -0.39 is 0 Å². The van der Waals surface area contributed by atoms with Crippen LogP contribution in [0.2, 0.25) is 0 Å². The molecule has 0 radical (unpaired) electrons. The smallest absolute Gasteiger partial charge is 0.0899 e. The van der Waals surface area contributed by atoms with E-state index in [0.717, 1.165) is 18.5 Å². The Bertz CT molecular complexity index is 740. The van der Waals surface area contributed by atoms with Crippen LogP contribution in [0.3, 0.4) is 0 Å². The minimum Gasteiger partial charge on any atom is -0.353 e. The van der Waals surface area contributed by atoms with Crippen LogP contribution >= 0.6 is 0 Å². The number of nitrogens with zero attached hydrogens (tertiary/aromatic N) is 1.